The van der Waals surface area contributed by atoms with Crippen LogP contribution in [0.5, 0.6) is 0 Å². The molecule has 1 N–H and O–H groups in total. The molecule has 0 fully saturated rings. The summed E-state index contributed by atoms with van der Waals surface area (Å²) in [6, 6.07) is 7.90. The molecule has 1 aromatic rings. The van der Waals surface area contributed by atoms with Crippen LogP contribution in [0.1, 0.15) is 23.1 Å². The van der Waals surface area contributed by atoms with Gasteiger partial charge in [-0.25, -0.2) is 0 Å². The molecule has 0 saturated carbocycles. The van der Waals surface area contributed by atoms with Crippen molar-refractivity contribution in [3.63, 3.8) is 0 Å². The second kappa shape index (κ2) is 2.58. The monoisotopic (exact) mass is 173 g/mol. The highest BCUT2D eigenvalue weighted by molar-refractivity contribution is 5.43. The lowest BCUT2D eigenvalue weighted by Gasteiger charge is -2.14. The third-order valence-electron chi connectivity index (χ3n) is 2.65. The van der Waals surface area contributed by atoms with Crippen molar-refractivity contribution < 1.29 is 5.11 Å². The number of fused-ring (bicyclic) bond motifs is 1. The Morgan fingerprint density at radius 3 is 3.00 bits per heavy atom. The molecule has 0 amide bonds. The van der Waals surface area contributed by atoms with Crippen LogP contribution in [0.25, 0.3) is 0 Å². The van der Waals surface area contributed by atoms with Gasteiger partial charge in [0.05, 0.1) is 0 Å². The van der Waals surface area contributed by atoms with Crippen LogP contribution < -0.4 is 0 Å². The molecule has 2 heteroatoms. The number of hydrogen-bond acceptors (Lipinski definition) is 2. The third-order valence-corrected chi connectivity index (χ3v) is 2.65. The lowest BCUT2D eigenvalue weighted by atomic mass is 9.96. The van der Waals surface area contributed by atoms with Gasteiger partial charge in [-0.1, -0.05) is 23.8 Å². The molecule has 0 aliphatic heterocycles. The van der Waals surface area contributed by atoms with Gasteiger partial charge in [-0.05, 0) is 25.3 Å². The van der Waals surface area contributed by atoms with Gasteiger partial charge in [-0.3, -0.25) is 0 Å². The zero-order chi connectivity index (χ0) is 9.47. The predicted molar refractivity (Wildman–Crippen MR) is 49.0 cm³/mol. The van der Waals surface area contributed by atoms with E-state index in [1.54, 1.807) is 0 Å². The van der Waals surface area contributed by atoms with Gasteiger partial charge in [-0.15, -0.1) is 0 Å². The van der Waals surface area contributed by atoms with Crippen molar-refractivity contribution in [1.29, 1.82) is 5.26 Å². The number of benzene rings is 1. The highest BCUT2D eigenvalue weighted by atomic mass is 16.3. The minimum absolute atomic E-state index is 0.530. The third kappa shape index (κ3) is 1.13. The molecule has 0 radical (unpaired) electrons. The zero-order valence-electron chi connectivity index (χ0n) is 7.54. The molecule has 0 spiro atoms. The van der Waals surface area contributed by atoms with Gasteiger partial charge in [0.15, 0.2) is 5.60 Å². The molecule has 1 aliphatic carbocycles. The van der Waals surface area contributed by atoms with Crippen molar-refractivity contribution in [2.45, 2.75) is 25.4 Å². The zero-order valence-corrected chi connectivity index (χ0v) is 7.54. The SMILES string of the molecule is Cc1ccc2c(c1)C(O)(C#N)CC2. The molecule has 0 aromatic heterocycles. The largest absolute Gasteiger partial charge is 0.371 e. The van der Waals surface area contributed by atoms with Crippen molar-refractivity contribution in [3.05, 3.63) is 34.9 Å². The van der Waals surface area contributed by atoms with Crippen LogP contribution in [-0.2, 0) is 12.0 Å². The smallest absolute Gasteiger partial charge is 0.177 e. The molecule has 0 saturated heterocycles. The molecule has 2 nitrogen and oxygen atoms in total. The van der Waals surface area contributed by atoms with Crippen molar-refractivity contribution in [2.75, 3.05) is 0 Å². The summed E-state index contributed by atoms with van der Waals surface area (Å²) in [5, 5.41) is 18.8. The lowest BCUT2D eigenvalue weighted by molar-refractivity contribution is 0.0999. The normalized spacial score (nSPS) is 25.3. The summed E-state index contributed by atoms with van der Waals surface area (Å²) < 4.78 is 0. The predicted octanol–water partition coefficient (Wildman–Crippen LogP) is 1.65. The van der Waals surface area contributed by atoms with Crippen molar-refractivity contribution in [3.8, 4) is 6.07 Å². The summed E-state index contributed by atoms with van der Waals surface area (Å²) in [5.74, 6) is 0. The molecule has 2 rings (SSSR count). The molecule has 13 heavy (non-hydrogen) atoms. The molecule has 0 heterocycles. The second-order valence-corrected chi connectivity index (χ2v) is 3.63. The van der Waals surface area contributed by atoms with E-state index in [-0.39, 0.29) is 0 Å². The highest BCUT2D eigenvalue weighted by Crippen LogP contribution is 2.36. The average molecular weight is 173 g/mol. The number of nitrogens with zero attached hydrogens (tertiary/aromatic N) is 1. The van der Waals surface area contributed by atoms with Crippen LogP contribution in [-0.4, -0.2) is 5.11 Å². The first-order valence-electron chi connectivity index (χ1n) is 4.39. The molecule has 1 atom stereocenters. The Hall–Kier alpha value is -1.33. The molecular weight excluding hydrogens is 162 g/mol. The van der Waals surface area contributed by atoms with E-state index in [0.717, 1.165) is 23.1 Å². The number of hydrogen-bond donors (Lipinski definition) is 1. The lowest BCUT2D eigenvalue weighted by Crippen LogP contribution is -2.19. The van der Waals surface area contributed by atoms with Crippen LogP contribution in [0.4, 0.5) is 0 Å². The highest BCUT2D eigenvalue weighted by Gasteiger charge is 2.36. The maximum atomic E-state index is 9.92. The summed E-state index contributed by atoms with van der Waals surface area (Å²) in [6.07, 6.45) is 1.34. The average Bonchev–Trinajstić information content (AvgIpc) is 2.45. The minimum Gasteiger partial charge on any atom is -0.371 e. The molecule has 0 bridgehead atoms. The van der Waals surface area contributed by atoms with E-state index in [2.05, 4.69) is 0 Å². The Balaban J connectivity index is 2.60. The molecule has 66 valence electrons. The van der Waals surface area contributed by atoms with Crippen LogP contribution in [0, 0.1) is 18.3 Å². The summed E-state index contributed by atoms with van der Waals surface area (Å²) in [6.45, 7) is 1.97. The Bertz CT molecular complexity index is 392. The number of aryl methyl sites for hydroxylation is 2. The summed E-state index contributed by atoms with van der Waals surface area (Å²) in [7, 11) is 0. The molecule has 1 unspecified atom stereocenters. The Kier molecular flexibility index (Phi) is 1.64. The maximum Gasteiger partial charge on any atom is 0.177 e. The van der Waals surface area contributed by atoms with E-state index in [1.807, 2.05) is 31.2 Å². The summed E-state index contributed by atoms with van der Waals surface area (Å²) in [5.41, 5.74) is 1.76. The van der Waals surface area contributed by atoms with E-state index in [9.17, 15) is 5.11 Å². The van der Waals surface area contributed by atoms with E-state index < -0.39 is 5.60 Å². The van der Waals surface area contributed by atoms with E-state index in [4.69, 9.17) is 5.26 Å². The second-order valence-electron chi connectivity index (χ2n) is 3.63. The van der Waals surface area contributed by atoms with Crippen molar-refractivity contribution >= 4 is 0 Å². The first kappa shape index (κ1) is 8.28. The standard InChI is InChI=1S/C11H11NO/c1-8-2-3-9-4-5-11(13,7-12)10(9)6-8/h2-3,6,13H,4-5H2,1H3. The van der Waals surface area contributed by atoms with Crippen LogP contribution in [0.15, 0.2) is 18.2 Å². The first-order chi connectivity index (χ1) is 6.15. The van der Waals surface area contributed by atoms with Gasteiger partial charge in [0.2, 0.25) is 0 Å². The van der Waals surface area contributed by atoms with Gasteiger partial charge < -0.3 is 5.11 Å². The Morgan fingerprint density at radius 1 is 1.54 bits per heavy atom. The molecule has 1 aliphatic rings. The van der Waals surface area contributed by atoms with Gasteiger partial charge in [-0.2, -0.15) is 5.26 Å². The number of nitriles is 1. The van der Waals surface area contributed by atoms with Crippen LogP contribution >= 0.6 is 0 Å². The van der Waals surface area contributed by atoms with Gasteiger partial charge >= 0.3 is 0 Å². The molecular formula is C11H11NO. The summed E-state index contributed by atoms with van der Waals surface area (Å²) in [4.78, 5) is 0. The fourth-order valence-electron chi connectivity index (χ4n) is 1.86. The Morgan fingerprint density at radius 2 is 2.31 bits per heavy atom. The fraction of sp³-hybridized carbons (Fsp3) is 0.364. The fourth-order valence-corrected chi connectivity index (χ4v) is 1.86. The topological polar surface area (TPSA) is 44.0 Å². The maximum absolute atomic E-state index is 9.92. The van der Waals surface area contributed by atoms with Gasteiger partial charge in [0.25, 0.3) is 0 Å². The van der Waals surface area contributed by atoms with Gasteiger partial charge in [0.1, 0.15) is 6.07 Å². The molecule has 1 aromatic carbocycles. The van der Waals surface area contributed by atoms with Crippen LogP contribution in [0.2, 0.25) is 0 Å². The number of aliphatic hydroxyl groups is 1. The van der Waals surface area contributed by atoms with Crippen molar-refractivity contribution in [1.82, 2.24) is 0 Å². The Labute approximate surface area is 77.4 Å². The van der Waals surface area contributed by atoms with E-state index in [1.165, 1.54) is 0 Å². The quantitative estimate of drug-likeness (QED) is 0.606. The number of rotatable bonds is 0. The van der Waals surface area contributed by atoms with E-state index >= 15 is 0 Å². The van der Waals surface area contributed by atoms with Crippen molar-refractivity contribution in [2.24, 2.45) is 0 Å². The van der Waals surface area contributed by atoms with Gasteiger partial charge in [0, 0.05) is 5.56 Å². The minimum atomic E-state index is -1.23. The van der Waals surface area contributed by atoms with Crippen LogP contribution in [0.3, 0.4) is 0 Å². The van der Waals surface area contributed by atoms with E-state index in [0.29, 0.717) is 6.42 Å². The summed E-state index contributed by atoms with van der Waals surface area (Å²) >= 11 is 0. The first-order valence-corrected chi connectivity index (χ1v) is 4.39.